The largest absolute Gasteiger partial charge is 0.481 e. The number of carbonyl (C=O) groups is 2. The first-order chi connectivity index (χ1) is 10.2. The number of hydrogen-bond donors (Lipinski definition) is 3. The number of amides is 2. The second kappa shape index (κ2) is 11.4. The smallest absolute Gasteiger partial charge is 0.314 e. The maximum absolute atomic E-state index is 11.5. The molecule has 0 aromatic carbocycles. The predicted molar refractivity (Wildman–Crippen MR) is 80.3 cm³/mol. The zero-order valence-corrected chi connectivity index (χ0v) is 12.7. The zero-order valence-electron chi connectivity index (χ0n) is 12.7. The van der Waals surface area contributed by atoms with E-state index in [1.54, 1.807) is 0 Å². The van der Waals surface area contributed by atoms with Crippen LogP contribution in [0.15, 0.2) is 0 Å². The summed E-state index contributed by atoms with van der Waals surface area (Å²) in [4.78, 5) is 21.8. The van der Waals surface area contributed by atoms with Gasteiger partial charge in [-0.2, -0.15) is 0 Å². The highest BCUT2D eigenvalue weighted by Crippen LogP contribution is 2.14. The number of aliphatic carboxylic acids is 1. The summed E-state index contributed by atoms with van der Waals surface area (Å²) in [5, 5.41) is 14.1. The van der Waals surface area contributed by atoms with E-state index in [-0.39, 0.29) is 12.5 Å². The third-order valence-corrected chi connectivity index (χ3v) is 3.63. The zero-order chi connectivity index (χ0) is 15.3. The molecule has 21 heavy (non-hydrogen) atoms. The summed E-state index contributed by atoms with van der Waals surface area (Å²) in [5.41, 5.74) is 0. The van der Waals surface area contributed by atoms with Crippen LogP contribution in [0.25, 0.3) is 0 Å². The monoisotopic (exact) mass is 300 g/mol. The molecule has 1 unspecified atom stereocenters. The van der Waals surface area contributed by atoms with Gasteiger partial charge in [0.15, 0.2) is 0 Å². The standard InChI is InChI=1S/C15H28N2O4/c18-14(19)8-3-1-2-5-10-16-15(20)17-11-9-13-7-4-6-12-21-13/h13H,1-12H2,(H,18,19)(H2,16,17,20). The van der Waals surface area contributed by atoms with Crippen LogP contribution in [-0.2, 0) is 9.53 Å². The molecule has 1 saturated heterocycles. The predicted octanol–water partition coefficient (Wildman–Crippen LogP) is 2.28. The van der Waals surface area contributed by atoms with Gasteiger partial charge in [-0.25, -0.2) is 4.79 Å². The minimum atomic E-state index is -0.741. The molecular formula is C15H28N2O4. The Balaban J connectivity index is 1.86. The van der Waals surface area contributed by atoms with Crippen molar-refractivity contribution in [1.82, 2.24) is 10.6 Å². The summed E-state index contributed by atoms with van der Waals surface area (Å²) in [6, 6.07) is -0.128. The lowest BCUT2D eigenvalue weighted by Crippen LogP contribution is -2.37. The Morgan fingerprint density at radius 3 is 2.52 bits per heavy atom. The van der Waals surface area contributed by atoms with Crippen molar-refractivity contribution in [3.05, 3.63) is 0 Å². The molecule has 6 nitrogen and oxygen atoms in total. The molecule has 3 N–H and O–H groups in total. The quantitative estimate of drug-likeness (QED) is 0.540. The molecule has 1 atom stereocenters. The van der Waals surface area contributed by atoms with Crippen LogP contribution in [0.2, 0.25) is 0 Å². The fourth-order valence-electron chi connectivity index (χ4n) is 2.40. The van der Waals surface area contributed by atoms with Crippen LogP contribution in [0.3, 0.4) is 0 Å². The average molecular weight is 300 g/mol. The van der Waals surface area contributed by atoms with Gasteiger partial charge >= 0.3 is 12.0 Å². The van der Waals surface area contributed by atoms with E-state index in [2.05, 4.69) is 10.6 Å². The van der Waals surface area contributed by atoms with E-state index in [4.69, 9.17) is 9.84 Å². The first-order valence-corrected chi connectivity index (χ1v) is 8.03. The third-order valence-electron chi connectivity index (χ3n) is 3.63. The Morgan fingerprint density at radius 2 is 1.81 bits per heavy atom. The molecule has 1 fully saturated rings. The van der Waals surface area contributed by atoms with Crippen molar-refractivity contribution in [3.63, 3.8) is 0 Å². The van der Waals surface area contributed by atoms with E-state index in [9.17, 15) is 9.59 Å². The molecule has 0 aromatic heterocycles. The van der Waals surface area contributed by atoms with Gasteiger partial charge in [-0.15, -0.1) is 0 Å². The molecule has 1 rings (SSSR count). The number of carbonyl (C=O) groups excluding carboxylic acids is 1. The molecular weight excluding hydrogens is 272 g/mol. The minimum Gasteiger partial charge on any atom is -0.481 e. The van der Waals surface area contributed by atoms with Crippen molar-refractivity contribution in [1.29, 1.82) is 0 Å². The van der Waals surface area contributed by atoms with Gasteiger partial charge in [0.05, 0.1) is 6.10 Å². The Labute approximate surface area is 126 Å². The highest BCUT2D eigenvalue weighted by Gasteiger charge is 2.13. The van der Waals surface area contributed by atoms with E-state index >= 15 is 0 Å². The van der Waals surface area contributed by atoms with Crippen LogP contribution in [-0.4, -0.2) is 42.9 Å². The molecule has 0 aromatic rings. The molecule has 1 aliphatic heterocycles. The Kier molecular flexibility index (Phi) is 9.61. The van der Waals surface area contributed by atoms with Crippen molar-refractivity contribution in [2.75, 3.05) is 19.7 Å². The number of urea groups is 1. The van der Waals surface area contributed by atoms with Crippen molar-refractivity contribution in [2.45, 2.75) is 63.9 Å². The highest BCUT2D eigenvalue weighted by molar-refractivity contribution is 5.73. The second-order valence-corrected chi connectivity index (χ2v) is 5.52. The molecule has 122 valence electrons. The van der Waals surface area contributed by atoms with E-state index in [1.165, 1.54) is 6.42 Å². The summed E-state index contributed by atoms with van der Waals surface area (Å²) in [6.07, 6.45) is 8.32. The topological polar surface area (TPSA) is 87.7 Å². The van der Waals surface area contributed by atoms with Crippen LogP contribution < -0.4 is 10.6 Å². The average Bonchev–Trinajstić information content (AvgIpc) is 2.47. The van der Waals surface area contributed by atoms with E-state index in [1.807, 2.05) is 0 Å². The number of carboxylic acid groups (broad SMARTS) is 1. The van der Waals surface area contributed by atoms with Gasteiger partial charge in [0, 0.05) is 26.1 Å². The maximum Gasteiger partial charge on any atom is 0.314 e. The Bertz CT molecular complexity index is 304. The first-order valence-electron chi connectivity index (χ1n) is 8.03. The highest BCUT2D eigenvalue weighted by atomic mass is 16.5. The molecule has 1 aliphatic rings. The molecule has 0 bridgehead atoms. The molecule has 2 amide bonds. The number of rotatable bonds is 10. The number of hydrogen-bond acceptors (Lipinski definition) is 3. The van der Waals surface area contributed by atoms with Crippen molar-refractivity contribution in [2.24, 2.45) is 0 Å². The summed E-state index contributed by atoms with van der Waals surface area (Å²) in [5.74, 6) is -0.741. The van der Waals surface area contributed by atoms with Crippen LogP contribution >= 0.6 is 0 Å². The number of carboxylic acids is 1. The van der Waals surface area contributed by atoms with Gasteiger partial charge in [-0.1, -0.05) is 12.8 Å². The van der Waals surface area contributed by atoms with Crippen molar-refractivity contribution >= 4 is 12.0 Å². The molecule has 6 heteroatoms. The SMILES string of the molecule is O=C(O)CCCCCCNC(=O)NCCC1CCCCO1. The van der Waals surface area contributed by atoms with Gasteiger partial charge < -0.3 is 20.5 Å². The number of unbranched alkanes of at least 4 members (excludes halogenated alkanes) is 3. The molecule has 1 heterocycles. The van der Waals surface area contributed by atoms with Crippen molar-refractivity contribution < 1.29 is 19.4 Å². The van der Waals surface area contributed by atoms with E-state index < -0.39 is 5.97 Å². The molecule has 0 spiro atoms. The third kappa shape index (κ3) is 10.1. The fourth-order valence-corrected chi connectivity index (χ4v) is 2.40. The van der Waals surface area contributed by atoms with Crippen LogP contribution in [0.4, 0.5) is 4.79 Å². The lowest BCUT2D eigenvalue weighted by molar-refractivity contribution is -0.137. The van der Waals surface area contributed by atoms with Gasteiger partial charge in [0.25, 0.3) is 0 Å². The van der Waals surface area contributed by atoms with Crippen LogP contribution in [0.5, 0.6) is 0 Å². The van der Waals surface area contributed by atoms with E-state index in [0.29, 0.717) is 25.6 Å². The van der Waals surface area contributed by atoms with Gasteiger partial charge in [-0.05, 0) is 38.5 Å². The lowest BCUT2D eigenvalue weighted by atomic mass is 10.1. The second-order valence-electron chi connectivity index (χ2n) is 5.52. The maximum atomic E-state index is 11.5. The molecule has 0 saturated carbocycles. The summed E-state index contributed by atoms with van der Waals surface area (Å²) in [6.45, 7) is 2.13. The minimum absolute atomic E-state index is 0.128. The van der Waals surface area contributed by atoms with Crippen molar-refractivity contribution in [3.8, 4) is 0 Å². The summed E-state index contributed by atoms with van der Waals surface area (Å²) >= 11 is 0. The molecule has 0 radical (unpaired) electrons. The summed E-state index contributed by atoms with van der Waals surface area (Å²) in [7, 11) is 0. The molecule has 0 aliphatic carbocycles. The van der Waals surface area contributed by atoms with E-state index in [0.717, 1.165) is 45.1 Å². The first kappa shape index (κ1) is 17.8. The van der Waals surface area contributed by atoms with Gasteiger partial charge in [-0.3, -0.25) is 4.79 Å². The normalized spacial score (nSPS) is 18.2. The number of ether oxygens (including phenoxy) is 1. The summed E-state index contributed by atoms with van der Waals surface area (Å²) < 4.78 is 5.60. The van der Waals surface area contributed by atoms with Crippen LogP contribution in [0, 0.1) is 0 Å². The van der Waals surface area contributed by atoms with Gasteiger partial charge in [0.1, 0.15) is 0 Å². The van der Waals surface area contributed by atoms with Gasteiger partial charge in [0.2, 0.25) is 0 Å². The van der Waals surface area contributed by atoms with Crippen LogP contribution in [0.1, 0.15) is 57.8 Å². The Morgan fingerprint density at radius 1 is 1.05 bits per heavy atom. The number of nitrogens with one attached hydrogen (secondary N) is 2. The fraction of sp³-hybridized carbons (Fsp3) is 0.867. The Hall–Kier alpha value is -1.30. The lowest BCUT2D eigenvalue weighted by Gasteiger charge is -2.22.